The molecule has 0 bridgehead atoms. The number of amides is 1. The zero-order valence-corrected chi connectivity index (χ0v) is 16.6. The third kappa shape index (κ3) is 6.24. The number of hydrogen-bond acceptors (Lipinski definition) is 5. The zero-order valence-electron chi connectivity index (χ0n) is 16.6. The van der Waals surface area contributed by atoms with Crippen molar-refractivity contribution in [2.45, 2.75) is 13.3 Å². The fourth-order valence-electron chi connectivity index (χ4n) is 2.79. The van der Waals surface area contributed by atoms with Crippen LogP contribution in [0.15, 0.2) is 66.9 Å². The Hall–Kier alpha value is -3.54. The molecule has 6 heteroatoms. The topological polar surface area (TPSA) is 72.5 Å². The second kappa shape index (κ2) is 10.1. The van der Waals surface area contributed by atoms with E-state index < -0.39 is 0 Å². The largest absolute Gasteiger partial charge is 0.496 e. The van der Waals surface area contributed by atoms with Gasteiger partial charge >= 0.3 is 0 Å². The molecule has 1 heterocycles. The predicted molar refractivity (Wildman–Crippen MR) is 115 cm³/mol. The van der Waals surface area contributed by atoms with Gasteiger partial charge in [-0.3, -0.25) is 4.79 Å². The molecule has 0 aliphatic rings. The molecular weight excluding hydrogens is 366 g/mol. The molecule has 0 aliphatic carbocycles. The second-order valence-corrected chi connectivity index (χ2v) is 6.57. The lowest BCUT2D eigenvalue weighted by Gasteiger charge is -2.10. The summed E-state index contributed by atoms with van der Waals surface area (Å²) < 4.78 is 10.8. The molecule has 0 saturated carbocycles. The number of aryl methyl sites for hydroxylation is 1. The number of hydrogen-bond donors (Lipinski definition) is 2. The van der Waals surface area contributed by atoms with Gasteiger partial charge in [-0.15, -0.1) is 0 Å². The third-order valence-electron chi connectivity index (χ3n) is 4.34. The van der Waals surface area contributed by atoms with E-state index in [0.29, 0.717) is 11.6 Å². The summed E-state index contributed by atoms with van der Waals surface area (Å²) in [4.78, 5) is 16.3. The Bertz CT molecular complexity index is 925. The highest BCUT2D eigenvalue weighted by molar-refractivity contribution is 5.91. The van der Waals surface area contributed by atoms with Crippen LogP contribution in [-0.4, -0.2) is 31.2 Å². The molecule has 0 unspecified atom stereocenters. The summed E-state index contributed by atoms with van der Waals surface area (Å²) in [7, 11) is 1.68. The van der Waals surface area contributed by atoms with Crippen molar-refractivity contribution in [1.82, 2.24) is 4.98 Å². The van der Waals surface area contributed by atoms with Gasteiger partial charge in [0, 0.05) is 6.54 Å². The van der Waals surface area contributed by atoms with Gasteiger partial charge in [-0.25, -0.2) is 4.98 Å². The minimum Gasteiger partial charge on any atom is -0.496 e. The van der Waals surface area contributed by atoms with Crippen molar-refractivity contribution in [3.05, 3.63) is 78.0 Å². The number of anilines is 2. The number of nitrogens with zero attached hydrogens (tertiary/aromatic N) is 1. The molecule has 0 aliphatic heterocycles. The molecule has 6 nitrogen and oxygen atoms in total. The maximum Gasteiger partial charge on any atom is 0.263 e. The number of benzene rings is 2. The van der Waals surface area contributed by atoms with Gasteiger partial charge in [0.15, 0.2) is 6.61 Å². The van der Waals surface area contributed by atoms with Gasteiger partial charge in [0.2, 0.25) is 0 Å². The molecule has 0 saturated heterocycles. The van der Waals surface area contributed by atoms with E-state index in [4.69, 9.17) is 9.47 Å². The first-order valence-corrected chi connectivity index (χ1v) is 9.45. The van der Waals surface area contributed by atoms with Crippen LogP contribution in [0.3, 0.4) is 0 Å². The van der Waals surface area contributed by atoms with E-state index in [1.54, 1.807) is 19.4 Å². The molecule has 0 spiro atoms. The number of aromatic nitrogens is 1. The van der Waals surface area contributed by atoms with Crippen molar-refractivity contribution < 1.29 is 14.3 Å². The molecule has 0 radical (unpaired) electrons. The summed E-state index contributed by atoms with van der Waals surface area (Å²) in [5.74, 6) is 1.78. The van der Waals surface area contributed by atoms with Gasteiger partial charge in [-0.2, -0.15) is 0 Å². The van der Waals surface area contributed by atoms with Gasteiger partial charge in [0.1, 0.15) is 17.3 Å². The van der Waals surface area contributed by atoms with Crippen molar-refractivity contribution in [2.24, 2.45) is 0 Å². The quantitative estimate of drug-likeness (QED) is 0.575. The van der Waals surface area contributed by atoms with Crippen molar-refractivity contribution in [2.75, 3.05) is 30.9 Å². The fourth-order valence-corrected chi connectivity index (χ4v) is 2.79. The van der Waals surface area contributed by atoms with Crippen molar-refractivity contribution in [3.63, 3.8) is 0 Å². The summed E-state index contributed by atoms with van der Waals surface area (Å²) in [6.45, 7) is 2.68. The van der Waals surface area contributed by atoms with Gasteiger partial charge in [0.05, 0.1) is 19.0 Å². The number of carbonyl (C=O) groups is 1. The van der Waals surface area contributed by atoms with Crippen molar-refractivity contribution in [1.29, 1.82) is 0 Å². The van der Waals surface area contributed by atoms with E-state index in [-0.39, 0.29) is 12.5 Å². The first kappa shape index (κ1) is 20.2. The van der Waals surface area contributed by atoms with Crippen molar-refractivity contribution in [3.8, 4) is 11.5 Å². The molecule has 1 aromatic heterocycles. The van der Waals surface area contributed by atoms with Crippen LogP contribution in [0.1, 0.15) is 11.1 Å². The summed E-state index contributed by atoms with van der Waals surface area (Å²) >= 11 is 0. The Morgan fingerprint density at radius 2 is 1.83 bits per heavy atom. The minimum absolute atomic E-state index is 0.0658. The standard InChI is InChI=1S/C23H25N3O3/c1-17-7-10-20(11-8-17)29-16-23(27)26-22-12-9-19(15-25-22)24-14-13-18-5-3-4-6-21(18)28-2/h3-12,15,24H,13-14,16H2,1-2H3,(H,25,26,27). The highest BCUT2D eigenvalue weighted by atomic mass is 16.5. The Morgan fingerprint density at radius 3 is 2.55 bits per heavy atom. The van der Waals surface area contributed by atoms with Crippen LogP contribution in [-0.2, 0) is 11.2 Å². The monoisotopic (exact) mass is 391 g/mol. The van der Waals surface area contributed by atoms with Gasteiger partial charge in [-0.1, -0.05) is 35.9 Å². The molecule has 2 aromatic carbocycles. The van der Waals surface area contributed by atoms with Gasteiger partial charge in [-0.05, 0) is 49.2 Å². The van der Waals surface area contributed by atoms with Crippen LogP contribution in [0.4, 0.5) is 11.5 Å². The zero-order chi connectivity index (χ0) is 20.5. The number of nitrogens with one attached hydrogen (secondary N) is 2. The summed E-state index contributed by atoms with van der Waals surface area (Å²) in [5, 5.41) is 6.05. The number of ether oxygens (including phenoxy) is 2. The first-order valence-electron chi connectivity index (χ1n) is 9.45. The smallest absolute Gasteiger partial charge is 0.263 e. The molecular formula is C23H25N3O3. The molecule has 2 N–H and O–H groups in total. The number of rotatable bonds is 9. The molecule has 0 fully saturated rings. The fraction of sp³-hybridized carbons (Fsp3) is 0.217. The maximum absolute atomic E-state index is 12.0. The van der Waals surface area contributed by atoms with E-state index in [1.165, 1.54) is 0 Å². The van der Waals surface area contributed by atoms with E-state index >= 15 is 0 Å². The number of methoxy groups -OCH3 is 1. The van der Waals surface area contributed by atoms with Crippen LogP contribution in [0.2, 0.25) is 0 Å². The van der Waals surface area contributed by atoms with Crippen LogP contribution >= 0.6 is 0 Å². The second-order valence-electron chi connectivity index (χ2n) is 6.57. The van der Waals surface area contributed by atoms with E-state index in [2.05, 4.69) is 21.7 Å². The lowest BCUT2D eigenvalue weighted by atomic mass is 10.1. The minimum atomic E-state index is -0.255. The summed E-state index contributed by atoms with van der Waals surface area (Å²) in [6.07, 6.45) is 2.53. The average molecular weight is 391 g/mol. The Morgan fingerprint density at radius 1 is 1.03 bits per heavy atom. The Labute approximate surface area is 170 Å². The van der Waals surface area contributed by atoms with E-state index in [9.17, 15) is 4.79 Å². The molecule has 29 heavy (non-hydrogen) atoms. The van der Waals surface area contributed by atoms with Crippen LogP contribution in [0.5, 0.6) is 11.5 Å². The number of para-hydroxylation sites is 1. The molecule has 3 rings (SSSR count). The summed E-state index contributed by atoms with van der Waals surface area (Å²) in [6, 6.07) is 19.2. The highest BCUT2D eigenvalue weighted by Crippen LogP contribution is 2.18. The van der Waals surface area contributed by atoms with Crippen LogP contribution in [0, 0.1) is 6.92 Å². The SMILES string of the molecule is COc1ccccc1CCNc1ccc(NC(=O)COc2ccc(C)cc2)nc1. The molecule has 3 aromatic rings. The van der Waals surface area contributed by atoms with Crippen LogP contribution in [0.25, 0.3) is 0 Å². The Balaban J connectivity index is 1.43. The van der Waals surface area contributed by atoms with Crippen molar-refractivity contribution >= 4 is 17.4 Å². The lowest BCUT2D eigenvalue weighted by Crippen LogP contribution is -2.20. The first-order chi connectivity index (χ1) is 14.1. The van der Waals surface area contributed by atoms with Gasteiger partial charge < -0.3 is 20.1 Å². The molecule has 0 atom stereocenters. The highest BCUT2D eigenvalue weighted by Gasteiger charge is 2.05. The third-order valence-corrected chi connectivity index (χ3v) is 4.34. The molecule has 150 valence electrons. The predicted octanol–water partition coefficient (Wildman–Crippen LogP) is 4.07. The Kier molecular flexibility index (Phi) is 7.05. The average Bonchev–Trinajstić information content (AvgIpc) is 2.75. The van der Waals surface area contributed by atoms with E-state index in [0.717, 1.165) is 35.5 Å². The van der Waals surface area contributed by atoms with Gasteiger partial charge in [0.25, 0.3) is 5.91 Å². The number of pyridine rings is 1. The number of carbonyl (C=O) groups excluding carboxylic acids is 1. The van der Waals surface area contributed by atoms with Crippen LogP contribution < -0.4 is 20.1 Å². The molecule has 1 amide bonds. The maximum atomic E-state index is 12.0. The normalized spacial score (nSPS) is 10.3. The summed E-state index contributed by atoms with van der Waals surface area (Å²) in [5.41, 5.74) is 3.17. The van der Waals surface area contributed by atoms with E-state index in [1.807, 2.05) is 55.5 Å². The lowest BCUT2D eigenvalue weighted by molar-refractivity contribution is -0.118.